The van der Waals surface area contributed by atoms with Crippen molar-refractivity contribution in [3.05, 3.63) is 24.7 Å². The third-order valence-corrected chi connectivity index (χ3v) is 0.903. The largest absolute Gasteiger partial charge is 0.435 e. The second-order valence-electron chi connectivity index (χ2n) is 2.36. The number of carbonyl (C=O) groups excluding carboxylic acids is 2. The molecular formula is C9H12O4. The zero-order valence-electron chi connectivity index (χ0n) is 7.70. The SMILES string of the molecule is C=C(C)OC(=O)CC=COC(C)=O. The lowest BCUT2D eigenvalue weighted by Gasteiger charge is -1.98. The first-order valence-corrected chi connectivity index (χ1v) is 3.71. The van der Waals surface area contributed by atoms with Gasteiger partial charge in [0, 0.05) is 6.92 Å². The van der Waals surface area contributed by atoms with Gasteiger partial charge in [-0.2, -0.15) is 0 Å². The summed E-state index contributed by atoms with van der Waals surface area (Å²) in [5.41, 5.74) is 0. The maximum Gasteiger partial charge on any atom is 0.314 e. The van der Waals surface area contributed by atoms with E-state index in [1.165, 1.54) is 13.0 Å². The highest BCUT2D eigenvalue weighted by Gasteiger charge is 1.98. The molecule has 0 amide bonds. The van der Waals surface area contributed by atoms with Crippen LogP contribution in [0.5, 0.6) is 0 Å². The van der Waals surface area contributed by atoms with E-state index in [1.54, 1.807) is 6.92 Å². The smallest absolute Gasteiger partial charge is 0.314 e. The van der Waals surface area contributed by atoms with Gasteiger partial charge in [-0.25, -0.2) is 0 Å². The van der Waals surface area contributed by atoms with Crippen molar-refractivity contribution in [2.45, 2.75) is 20.3 Å². The molecule has 4 nitrogen and oxygen atoms in total. The molecule has 72 valence electrons. The monoisotopic (exact) mass is 184 g/mol. The average Bonchev–Trinajstić information content (AvgIpc) is 1.96. The molecule has 0 aromatic carbocycles. The van der Waals surface area contributed by atoms with Crippen LogP contribution in [0.4, 0.5) is 0 Å². The molecule has 0 aliphatic carbocycles. The number of carbonyl (C=O) groups is 2. The van der Waals surface area contributed by atoms with Crippen molar-refractivity contribution < 1.29 is 19.1 Å². The van der Waals surface area contributed by atoms with E-state index in [2.05, 4.69) is 16.1 Å². The van der Waals surface area contributed by atoms with E-state index in [0.29, 0.717) is 5.76 Å². The molecule has 13 heavy (non-hydrogen) atoms. The first-order chi connectivity index (χ1) is 6.02. The summed E-state index contributed by atoms with van der Waals surface area (Å²) in [7, 11) is 0. The van der Waals surface area contributed by atoms with E-state index in [9.17, 15) is 9.59 Å². The van der Waals surface area contributed by atoms with Crippen molar-refractivity contribution in [1.82, 2.24) is 0 Å². The van der Waals surface area contributed by atoms with Crippen molar-refractivity contribution in [1.29, 1.82) is 0 Å². The molecule has 0 spiro atoms. The summed E-state index contributed by atoms with van der Waals surface area (Å²) >= 11 is 0. The van der Waals surface area contributed by atoms with Crippen LogP contribution in [0.3, 0.4) is 0 Å². The summed E-state index contributed by atoms with van der Waals surface area (Å²) in [5.74, 6) is -0.522. The van der Waals surface area contributed by atoms with E-state index >= 15 is 0 Å². The summed E-state index contributed by atoms with van der Waals surface area (Å²) in [6.07, 6.45) is 2.61. The number of allylic oxidation sites excluding steroid dienone is 1. The Hall–Kier alpha value is -1.58. The highest BCUT2D eigenvalue weighted by Crippen LogP contribution is 1.95. The van der Waals surface area contributed by atoms with Crippen molar-refractivity contribution in [3.63, 3.8) is 0 Å². The van der Waals surface area contributed by atoms with Crippen molar-refractivity contribution >= 4 is 11.9 Å². The number of esters is 2. The number of rotatable bonds is 4. The Labute approximate surface area is 76.8 Å². The number of hydrogen-bond donors (Lipinski definition) is 0. The number of ether oxygens (including phenoxy) is 2. The molecule has 0 saturated heterocycles. The molecule has 0 fully saturated rings. The maximum atomic E-state index is 10.8. The highest BCUT2D eigenvalue weighted by molar-refractivity contribution is 5.72. The molecule has 0 rings (SSSR count). The summed E-state index contributed by atoms with van der Waals surface area (Å²) in [6.45, 7) is 6.25. The standard InChI is InChI=1S/C9H12O4/c1-7(2)13-9(11)5-4-6-12-8(3)10/h4,6H,1,5H2,2-3H3. The van der Waals surface area contributed by atoms with E-state index < -0.39 is 11.9 Å². The highest BCUT2D eigenvalue weighted by atomic mass is 16.5. The molecule has 0 bridgehead atoms. The Morgan fingerprint density at radius 3 is 2.46 bits per heavy atom. The van der Waals surface area contributed by atoms with Crippen LogP contribution in [0.1, 0.15) is 20.3 Å². The molecule has 0 aromatic heterocycles. The Balaban J connectivity index is 3.63. The van der Waals surface area contributed by atoms with Gasteiger partial charge < -0.3 is 9.47 Å². The van der Waals surface area contributed by atoms with Gasteiger partial charge in [-0.15, -0.1) is 0 Å². The lowest BCUT2D eigenvalue weighted by Crippen LogP contribution is -2.00. The molecule has 0 aliphatic rings. The fourth-order valence-corrected chi connectivity index (χ4v) is 0.524. The van der Waals surface area contributed by atoms with Crippen molar-refractivity contribution in [2.24, 2.45) is 0 Å². The molecule has 0 N–H and O–H groups in total. The number of hydrogen-bond acceptors (Lipinski definition) is 4. The quantitative estimate of drug-likeness (QED) is 0.491. The third kappa shape index (κ3) is 8.33. The maximum absolute atomic E-state index is 10.8. The average molecular weight is 184 g/mol. The van der Waals surface area contributed by atoms with Crippen molar-refractivity contribution in [3.8, 4) is 0 Å². The van der Waals surface area contributed by atoms with E-state index in [4.69, 9.17) is 0 Å². The van der Waals surface area contributed by atoms with Gasteiger partial charge >= 0.3 is 11.9 Å². The normalized spacial score (nSPS) is 9.69. The van der Waals surface area contributed by atoms with Crippen LogP contribution in [0.15, 0.2) is 24.7 Å². The Kier molecular flexibility index (Phi) is 5.27. The van der Waals surface area contributed by atoms with E-state index in [1.807, 2.05) is 0 Å². The summed E-state index contributed by atoms with van der Waals surface area (Å²) in [4.78, 5) is 21.1. The zero-order chi connectivity index (χ0) is 10.3. The van der Waals surface area contributed by atoms with Gasteiger partial charge in [-0.05, 0) is 13.0 Å². The Bertz CT molecular complexity index is 240. The molecule has 0 aromatic rings. The second-order valence-corrected chi connectivity index (χ2v) is 2.36. The van der Waals surface area contributed by atoms with Gasteiger partial charge in [0.1, 0.15) is 0 Å². The zero-order valence-corrected chi connectivity index (χ0v) is 7.70. The fraction of sp³-hybridized carbons (Fsp3) is 0.333. The molecule has 0 heterocycles. The second kappa shape index (κ2) is 5.99. The molecule has 0 radical (unpaired) electrons. The predicted octanol–water partition coefficient (Wildman–Crippen LogP) is 1.53. The lowest BCUT2D eigenvalue weighted by atomic mass is 10.4. The minimum atomic E-state index is -0.434. The van der Waals surface area contributed by atoms with Gasteiger partial charge in [0.15, 0.2) is 0 Å². The summed E-state index contributed by atoms with van der Waals surface area (Å²) < 4.78 is 9.08. The van der Waals surface area contributed by atoms with E-state index in [-0.39, 0.29) is 6.42 Å². The molecule has 0 atom stereocenters. The van der Waals surface area contributed by atoms with Gasteiger partial charge in [0.2, 0.25) is 0 Å². The minimum Gasteiger partial charge on any atom is -0.435 e. The van der Waals surface area contributed by atoms with E-state index in [0.717, 1.165) is 6.26 Å². The van der Waals surface area contributed by atoms with Gasteiger partial charge in [0.25, 0.3) is 0 Å². The van der Waals surface area contributed by atoms with Gasteiger partial charge in [-0.1, -0.05) is 6.58 Å². The van der Waals surface area contributed by atoms with Gasteiger partial charge in [-0.3, -0.25) is 9.59 Å². The fourth-order valence-electron chi connectivity index (χ4n) is 0.524. The van der Waals surface area contributed by atoms with Crippen LogP contribution in [-0.4, -0.2) is 11.9 Å². The predicted molar refractivity (Wildman–Crippen MR) is 46.4 cm³/mol. The molecule has 0 unspecified atom stereocenters. The molecule has 0 aliphatic heterocycles. The molecule has 0 saturated carbocycles. The third-order valence-electron chi connectivity index (χ3n) is 0.903. The van der Waals surface area contributed by atoms with Crippen LogP contribution in [0.2, 0.25) is 0 Å². The van der Waals surface area contributed by atoms with Crippen LogP contribution in [0.25, 0.3) is 0 Å². The summed E-state index contributed by atoms with van der Waals surface area (Å²) in [6, 6.07) is 0. The van der Waals surface area contributed by atoms with Gasteiger partial charge in [0.05, 0.1) is 18.4 Å². The minimum absolute atomic E-state index is 0.0557. The first kappa shape index (κ1) is 11.4. The first-order valence-electron chi connectivity index (χ1n) is 3.71. The molecule has 4 heteroatoms. The van der Waals surface area contributed by atoms with Crippen LogP contribution in [0, 0.1) is 0 Å². The Morgan fingerprint density at radius 2 is 2.00 bits per heavy atom. The van der Waals surface area contributed by atoms with Crippen LogP contribution >= 0.6 is 0 Å². The Morgan fingerprint density at radius 1 is 1.38 bits per heavy atom. The molecular weight excluding hydrogens is 172 g/mol. The van der Waals surface area contributed by atoms with Crippen LogP contribution < -0.4 is 0 Å². The topological polar surface area (TPSA) is 52.6 Å². The summed E-state index contributed by atoms with van der Waals surface area (Å²) in [5, 5.41) is 0. The lowest BCUT2D eigenvalue weighted by molar-refractivity contribution is -0.139. The van der Waals surface area contributed by atoms with Crippen molar-refractivity contribution in [2.75, 3.05) is 0 Å². The van der Waals surface area contributed by atoms with Crippen LogP contribution in [-0.2, 0) is 19.1 Å².